The molecule has 0 spiro atoms. The Morgan fingerprint density at radius 3 is 2.42 bits per heavy atom. The zero-order valence-corrected chi connectivity index (χ0v) is 9.99. The average Bonchev–Trinajstić information content (AvgIpc) is 2.37. The largest absolute Gasteiger partial charge is 0.380 e. The normalized spacial score (nSPS) is 10.2. The predicted octanol–water partition coefficient (Wildman–Crippen LogP) is 2.68. The highest BCUT2D eigenvalue weighted by molar-refractivity contribution is 5.98. The molecule has 3 N–H and O–H groups in total. The molecule has 2 rings (SSSR count). The van der Waals surface area contributed by atoms with Crippen molar-refractivity contribution in [2.45, 2.75) is 6.54 Å². The van der Waals surface area contributed by atoms with Crippen LogP contribution in [-0.4, -0.2) is 5.91 Å². The monoisotopic (exact) mass is 262 g/mol. The fourth-order valence-electron chi connectivity index (χ4n) is 1.72. The number of rotatable bonds is 4. The van der Waals surface area contributed by atoms with E-state index in [0.717, 1.165) is 5.56 Å². The molecule has 0 atom stereocenters. The highest BCUT2D eigenvalue weighted by atomic mass is 19.1. The second-order valence-electron chi connectivity index (χ2n) is 4.01. The van der Waals surface area contributed by atoms with Crippen LogP contribution in [0.25, 0.3) is 0 Å². The van der Waals surface area contributed by atoms with Crippen LogP contribution in [0.4, 0.5) is 14.5 Å². The highest BCUT2D eigenvalue weighted by Crippen LogP contribution is 2.19. The van der Waals surface area contributed by atoms with Gasteiger partial charge >= 0.3 is 0 Å². The molecule has 0 fully saturated rings. The van der Waals surface area contributed by atoms with Crippen molar-refractivity contribution in [3.63, 3.8) is 0 Å². The van der Waals surface area contributed by atoms with E-state index in [2.05, 4.69) is 5.32 Å². The summed E-state index contributed by atoms with van der Waals surface area (Å²) < 4.78 is 26.2. The summed E-state index contributed by atoms with van der Waals surface area (Å²) in [6.07, 6.45) is 0. The topological polar surface area (TPSA) is 55.1 Å². The van der Waals surface area contributed by atoms with E-state index < -0.39 is 11.7 Å². The van der Waals surface area contributed by atoms with Gasteiger partial charge in [0.2, 0.25) is 0 Å². The Hall–Kier alpha value is -2.43. The molecule has 98 valence electrons. The summed E-state index contributed by atoms with van der Waals surface area (Å²) in [6.45, 7) is 0.337. The van der Waals surface area contributed by atoms with E-state index in [1.165, 1.54) is 24.3 Å². The van der Waals surface area contributed by atoms with Gasteiger partial charge in [0.05, 0.1) is 11.3 Å². The van der Waals surface area contributed by atoms with E-state index in [9.17, 15) is 13.6 Å². The summed E-state index contributed by atoms with van der Waals surface area (Å²) >= 11 is 0. The van der Waals surface area contributed by atoms with E-state index >= 15 is 0 Å². The van der Waals surface area contributed by atoms with E-state index in [1.54, 1.807) is 18.2 Å². The molecule has 2 aromatic carbocycles. The van der Waals surface area contributed by atoms with Gasteiger partial charge in [-0.2, -0.15) is 0 Å². The third-order valence-electron chi connectivity index (χ3n) is 2.66. The van der Waals surface area contributed by atoms with Crippen molar-refractivity contribution in [3.05, 3.63) is 65.2 Å². The number of amides is 1. The number of nitrogens with two attached hydrogens (primary N) is 1. The number of benzene rings is 2. The third-order valence-corrected chi connectivity index (χ3v) is 2.66. The number of hydrogen-bond acceptors (Lipinski definition) is 2. The molecule has 0 aliphatic rings. The third kappa shape index (κ3) is 3.07. The van der Waals surface area contributed by atoms with Crippen molar-refractivity contribution in [3.8, 4) is 0 Å². The van der Waals surface area contributed by atoms with Crippen LogP contribution in [0.15, 0.2) is 42.5 Å². The van der Waals surface area contributed by atoms with Crippen molar-refractivity contribution in [2.24, 2.45) is 5.73 Å². The molecule has 19 heavy (non-hydrogen) atoms. The molecule has 0 heterocycles. The first kappa shape index (κ1) is 13.0. The van der Waals surface area contributed by atoms with E-state index in [-0.39, 0.29) is 11.4 Å². The van der Waals surface area contributed by atoms with Crippen LogP contribution >= 0.6 is 0 Å². The van der Waals surface area contributed by atoms with Crippen LogP contribution in [0.1, 0.15) is 15.9 Å². The van der Waals surface area contributed by atoms with Crippen LogP contribution in [-0.2, 0) is 6.54 Å². The fourth-order valence-corrected chi connectivity index (χ4v) is 1.72. The molecule has 0 aliphatic heterocycles. The van der Waals surface area contributed by atoms with Crippen molar-refractivity contribution in [2.75, 3.05) is 5.32 Å². The maximum Gasteiger partial charge on any atom is 0.253 e. The summed E-state index contributed by atoms with van der Waals surface area (Å²) in [4.78, 5) is 11.2. The lowest BCUT2D eigenvalue weighted by Gasteiger charge is -2.10. The minimum absolute atomic E-state index is 0.176. The van der Waals surface area contributed by atoms with Gasteiger partial charge in [0.1, 0.15) is 11.6 Å². The van der Waals surface area contributed by atoms with E-state index in [4.69, 9.17) is 5.73 Å². The Morgan fingerprint density at radius 1 is 1.11 bits per heavy atom. The predicted molar refractivity (Wildman–Crippen MR) is 68.6 cm³/mol. The molecule has 5 heteroatoms. The molecule has 0 aromatic heterocycles. The van der Waals surface area contributed by atoms with Crippen LogP contribution in [0, 0.1) is 11.6 Å². The summed E-state index contributed by atoms with van der Waals surface area (Å²) in [5.74, 6) is -1.83. The average molecular weight is 262 g/mol. The first-order valence-electron chi connectivity index (χ1n) is 5.64. The minimum Gasteiger partial charge on any atom is -0.380 e. The zero-order valence-electron chi connectivity index (χ0n) is 9.99. The molecule has 1 amide bonds. The van der Waals surface area contributed by atoms with Gasteiger partial charge in [0.15, 0.2) is 0 Å². The number of primary amides is 1. The number of nitrogens with one attached hydrogen (secondary N) is 1. The molecular weight excluding hydrogens is 250 g/mol. The molecule has 0 aliphatic carbocycles. The molecule has 3 nitrogen and oxygen atoms in total. The Labute approximate surface area is 109 Å². The smallest absolute Gasteiger partial charge is 0.253 e. The van der Waals surface area contributed by atoms with Crippen LogP contribution < -0.4 is 11.1 Å². The SMILES string of the molecule is NC(=O)c1c(F)cccc1NCc1ccc(F)cc1. The number of halogens is 2. The second-order valence-corrected chi connectivity index (χ2v) is 4.01. The molecule has 0 bridgehead atoms. The van der Waals surface area contributed by atoms with Gasteiger partial charge in [-0.05, 0) is 29.8 Å². The maximum absolute atomic E-state index is 13.5. The van der Waals surface area contributed by atoms with Crippen molar-refractivity contribution < 1.29 is 13.6 Å². The zero-order chi connectivity index (χ0) is 13.8. The van der Waals surface area contributed by atoms with Gasteiger partial charge in [-0.3, -0.25) is 4.79 Å². The Kier molecular flexibility index (Phi) is 3.75. The van der Waals surface area contributed by atoms with Crippen LogP contribution in [0.3, 0.4) is 0 Å². The fraction of sp³-hybridized carbons (Fsp3) is 0.0714. The van der Waals surface area contributed by atoms with E-state index in [0.29, 0.717) is 12.2 Å². The molecule has 0 unspecified atom stereocenters. The van der Waals surface area contributed by atoms with Gasteiger partial charge < -0.3 is 11.1 Å². The molecule has 0 saturated heterocycles. The molecule has 0 saturated carbocycles. The summed E-state index contributed by atoms with van der Waals surface area (Å²) in [5, 5.41) is 2.91. The quantitative estimate of drug-likeness (QED) is 0.890. The van der Waals surface area contributed by atoms with Crippen LogP contribution in [0.2, 0.25) is 0 Å². The molecular formula is C14H12F2N2O. The van der Waals surface area contributed by atoms with Gasteiger partial charge in [0, 0.05) is 6.54 Å². The number of hydrogen-bond donors (Lipinski definition) is 2. The number of carbonyl (C=O) groups excluding carboxylic acids is 1. The summed E-state index contributed by atoms with van der Waals surface area (Å²) in [6, 6.07) is 10.1. The lowest BCUT2D eigenvalue weighted by atomic mass is 10.1. The summed E-state index contributed by atoms with van der Waals surface area (Å²) in [5.41, 5.74) is 6.08. The standard InChI is InChI=1S/C14H12F2N2O/c15-10-6-4-9(5-7-10)8-18-12-3-1-2-11(16)13(12)14(17)19/h1-7,18H,8H2,(H2,17,19). The summed E-state index contributed by atoms with van der Waals surface area (Å²) in [7, 11) is 0. The van der Waals surface area contributed by atoms with Crippen molar-refractivity contribution >= 4 is 11.6 Å². The lowest BCUT2D eigenvalue weighted by Crippen LogP contribution is -2.16. The van der Waals surface area contributed by atoms with Crippen LogP contribution in [0.5, 0.6) is 0 Å². The minimum atomic E-state index is -0.834. The maximum atomic E-state index is 13.5. The van der Waals surface area contributed by atoms with Crippen molar-refractivity contribution in [1.82, 2.24) is 0 Å². The Morgan fingerprint density at radius 2 is 1.79 bits per heavy atom. The molecule has 0 radical (unpaired) electrons. The lowest BCUT2D eigenvalue weighted by molar-refractivity contribution is 0.0997. The molecule has 2 aromatic rings. The Bertz CT molecular complexity index is 597. The van der Waals surface area contributed by atoms with Gasteiger partial charge in [-0.15, -0.1) is 0 Å². The first-order valence-corrected chi connectivity index (χ1v) is 5.64. The van der Waals surface area contributed by atoms with Gasteiger partial charge in [0.25, 0.3) is 5.91 Å². The highest BCUT2D eigenvalue weighted by Gasteiger charge is 2.13. The Balaban J connectivity index is 2.18. The number of anilines is 1. The first-order chi connectivity index (χ1) is 9.08. The number of carbonyl (C=O) groups is 1. The van der Waals surface area contributed by atoms with Gasteiger partial charge in [-0.1, -0.05) is 18.2 Å². The van der Waals surface area contributed by atoms with Crippen molar-refractivity contribution in [1.29, 1.82) is 0 Å². The second kappa shape index (κ2) is 5.48. The van der Waals surface area contributed by atoms with E-state index in [1.807, 2.05) is 0 Å². The van der Waals surface area contributed by atoms with Gasteiger partial charge in [-0.25, -0.2) is 8.78 Å².